The van der Waals surface area contributed by atoms with Gasteiger partial charge in [-0.05, 0) is 47.7 Å². The van der Waals surface area contributed by atoms with Crippen molar-refractivity contribution >= 4 is 11.6 Å². The first-order valence-electron chi connectivity index (χ1n) is 10.6. The van der Waals surface area contributed by atoms with Gasteiger partial charge in [0.05, 0.1) is 0 Å². The van der Waals surface area contributed by atoms with Crippen molar-refractivity contribution in [3.8, 4) is 11.1 Å². The number of aromatic nitrogens is 1. The number of likely N-dealkylation sites (N-methyl/N-ethyl adjacent to an activating group) is 1. The molecule has 1 aliphatic rings. The standard InChI is InChI=1S/C27H27N3O/c1-30(25-16-14-23(15-17-25)22-11-6-3-7-12-22)26(24-13-8-18-28-20-24)27(31)29-19-21-9-4-2-5-10-21/h3-4,6-18,20,26H,2,5,19H2,1H3,(H,29,31). The Morgan fingerprint density at radius 3 is 2.45 bits per heavy atom. The molecule has 1 amide bonds. The van der Waals surface area contributed by atoms with Gasteiger partial charge in [0.15, 0.2) is 0 Å². The Bertz CT molecular complexity index is 1060. The molecule has 1 aromatic heterocycles. The number of carbonyl (C=O) groups excluding carboxylic acids is 1. The van der Waals surface area contributed by atoms with Gasteiger partial charge in [-0.3, -0.25) is 9.78 Å². The van der Waals surface area contributed by atoms with Crippen LogP contribution in [0.2, 0.25) is 0 Å². The fourth-order valence-electron chi connectivity index (χ4n) is 3.84. The number of nitrogens with one attached hydrogen (secondary N) is 1. The van der Waals surface area contributed by atoms with Gasteiger partial charge in [0.25, 0.3) is 0 Å². The molecule has 0 saturated carbocycles. The van der Waals surface area contributed by atoms with Crippen molar-refractivity contribution < 1.29 is 4.79 Å². The lowest BCUT2D eigenvalue weighted by Crippen LogP contribution is -2.39. The predicted molar refractivity (Wildman–Crippen MR) is 127 cm³/mol. The van der Waals surface area contributed by atoms with Gasteiger partial charge < -0.3 is 10.2 Å². The van der Waals surface area contributed by atoms with Crippen molar-refractivity contribution in [1.82, 2.24) is 10.3 Å². The van der Waals surface area contributed by atoms with E-state index in [0.717, 1.165) is 35.2 Å². The Morgan fingerprint density at radius 2 is 1.77 bits per heavy atom. The summed E-state index contributed by atoms with van der Waals surface area (Å²) in [5.74, 6) is -0.0393. The Morgan fingerprint density at radius 1 is 1.00 bits per heavy atom. The van der Waals surface area contributed by atoms with Crippen molar-refractivity contribution in [2.45, 2.75) is 18.9 Å². The molecule has 0 radical (unpaired) electrons. The summed E-state index contributed by atoms with van der Waals surface area (Å²) in [7, 11) is 1.95. The summed E-state index contributed by atoms with van der Waals surface area (Å²) in [6.45, 7) is 0.535. The zero-order valence-electron chi connectivity index (χ0n) is 17.7. The van der Waals surface area contributed by atoms with Crippen LogP contribution in [0.3, 0.4) is 0 Å². The normalized spacial score (nSPS) is 13.9. The van der Waals surface area contributed by atoms with Crippen LogP contribution < -0.4 is 10.2 Å². The van der Waals surface area contributed by atoms with Gasteiger partial charge >= 0.3 is 0 Å². The molecular weight excluding hydrogens is 382 g/mol. The number of hydrogen-bond donors (Lipinski definition) is 1. The Hall–Kier alpha value is -3.66. The summed E-state index contributed by atoms with van der Waals surface area (Å²) in [6.07, 6.45) is 12.0. The lowest BCUT2D eigenvalue weighted by Gasteiger charge is -2.29. The number of pyridine rings is 1. The average molecular weight is 410 g/mol. The summed E-state index contributed by atoms with van der Waals surface area (Å²) in [6, 6.07) is 21.9. The van der Waals surface area contributed by atoms with Gasteiger partial charge in [-0.2, -0.15) is 0 Å². The number of hydrogen-bond acceptors (Lipinski definition) is 3. The molecule has 4 heteroatoms. The van der Waals surface area contributed by atoms with E-state index in [1.54, 1.807) is 12.4 Å². The van der Waals surface area contributed by atoms with Crippen molar-refractivity contribution in [2.75, 3.05) is 18.5 Å². The van der Waals surface area contributed by atoms with Crippen LogP contribution >= 0.6 is 0 Å². The molecule has 4 rings (SSSR count). The molecule has 156 valence electrons. The lowest BCUT2D eigenvalue weighted by molar-refractivity contribution is -0.122. The molecule has 1 heterocycles. The molecule has 0 saturated heterocycles. The van der Waals surface area contributed by atoms with E-state index in [1.807, 2.05) is 42.3 Å². The van der Waals surface area contributed by atoms with Gasteiger partial charge in [-0.1, -0.05) is 66.8 Å². The van der Waals surface area contributed by atoms with Crippen LogP contribution in [0.1, 0.15) is 24.4 Å². The van der Waals surface area contributed by atoms with Crippen molar-refractivity contribution in [1.29, 1.82) is 0 Å². The largest absolute Gasteiger partial charge is 0.359 e. The predicted octanol–water partition coefficient (Wildman–Crippen LogP) is 5.32. The van der Waals surface area contributed by atoms with Crippen LogP contribution in [0.5, 0.6) is 0 Å². The lowest BCUT2D eigenvalue weighted by atomic mass is 10.0. The van der Waals surface area contributed by atoms with Crippen molar-refractivity contribution in [3.63, 3.8) is 0 Å². The third-order valence-electron chi connectivity index (χ3n) is 5.56. The highest BCUT2D eigenvalue weighted by Gasteiger charge is 2.26. The van der Waals surface area contributed by atoms with E-state index in [2.05, 4.69) is 64.9 Å². The first-order chi connectivity index (χ1) is 15.2. The van der Waals surface area contributed by atoms with Crippen LogP contribution in [0, 0.1) is 0 Å². The molecule has 0 spiro atoms. The highest BCUT2D eigenvalue weighted by molar-refractivity contribution is 5.87. The molecular formula is C27H27N3O. The minimum absolute atomic E-state index is 0.0393. The van der Waals surface area contributed by atoms with Crippen molar-refractivity contribution in [3.05, 3.63) is 108 Å². The molecule has 0 aliphatic heterocycles. The summed E-state index contributed by atoms with van der Waals surface area (Å²) < 4.78 is 0. The topological polar surface area (TPSA) is 45.2 Å². The quantitative estimate of drug-likeness (QED) is 0.574. The number of anilines is 1. The average Bonchev–Trinajstić information content (AvgIpc) is 2.85. The minimum atomic E-state index is -0.468. The molecule has 1 N–H and O–H groups in total. The molecule has 0 fully saturated rings. The Kier molecular flexibility index (Phi) is 6.58. The van der Waals surface area contributed by atoms with Crippen molar-refractivity contribution in [2.24, 2.45) is 0 Å². The van der Waals surface area contributed by atoms with E-state index in [1.165, 1.54) is 5.56 Å². The zero-order chi connectivity index (χ0) is 21.5. The maximum atomic E-state index is 13.3. The number of nitrogens with zero attached hydrogens (tertiary/aromatic N) is 2. The Balaban J connectivity index is 1.55. The van der Waals surface area contributed by atoms with Crippen LogP contribution in [0.25, 0.3) is 11.1 Å². The minimum Gasteiger partial charge on any atom is -0.359 e. The van der Waals surface area contributed by atoms with Crippen LogP contribution in [0.15, 0.2) is 103 Å². The van der Waals surface area contributed by atoms with Crippen LogP contribution in [-0.2, 0) is 4.79 Å². The van der Waals surface area contributed by atoms with E-state index in [4.69, 9.17) is 0 Å². The molecule has 0 bridgehead atoms. The monoisotopic (exact) mass is 409 g/mol. The number of allylic oxidation sites excluding steroid dienone is 2. The SMILES string of the molecule is CN(c1ccc(-c2ccccc2)cc1)C(C(=O)NCC1=CCCC=C1)c1cccnc1. The summed E-state index contributed by atoms with van der Waals surface area (Å²) in [5, 5.41) is 3.11. The van der Waals surface area contributed by atoms with E-state index in [-0.39, 0.29) is 5.91 Å². The number of rotatable bonds is 7. The fourth-order valence-corrected chi connectivity index (χ4v) is 3.84. The second-order valence-corrected chi connectivity index (χ2v) is 7.69. The van der Waals surface area contributed by atoms with E-state index >= 15 is 0 Å². The molecule has 4 nitrogen and oxygen atoms in total. The van der Waals surface area contributed by atoms with Gasteiger partial charge in [-0.25, -0.2) is 0 Å². The summed E-state index contributed by atoms with van der Waals surface area (Å²) in [5.41, 5.74) is 5.31. The first-order valence-corrected chi connectivity index (χ1v) is 10.6. The second kappa shape index (κ2) is 9.90. The number of carbonyl (C=O) groups is 1. The van der Waals surface area contributed by atoms with Crippen LogP contribution in [0.4, 0.5) is 5.69 Å². The summed E-state index contributed by atoms with van der Waals surface area (Å²) in [4.78, 5) is 19.5. The second-order valence-electron chi connectivity index (χ2n) is 7.69. The van der Waals surface area contributed by atoms with Gasteiger partial charge in [-0.15, -0.1) is 0 Å². The smallest absolute Gasteiger partial charge is 0.247 e. The third kappa shape index (κ3) is 5.10. The van der Waals surface area contributed by atoms with E-state index < -0.39 is 6.04 Å². The molecule has 31 heavy (non-hydrogen) atoms. The van der Waals surface area contributed by atoms with E-state index in [9.17, 15) is 4.79 Å². The van der Waals surface area contributed by atoms with E-state index in [0.29, 0.717) is 6.54 Å². The number of amides is 1. The first kappa shape index (κ1) is 20.6. The highest BCUT2D eigenvalue weighted by atomic mass is 16.2. The van der Waals surface area contributed by atoms with Gasteiger partial charge in [0.1, 0.15) is 6.04 Å². The molecule has 1 atom stereocenters. The highest BCUT2D eigenvalue weighted by Crippen LogP contribution is 2.28. The fraction of sp³-hybridized carbons (Fsp3) is 0.185. The maximum Gasteiger partial charge on any atom is 0.247 e. The Labute approximate surface area is 184 Å². The maximum absolute atomic E-state index is 13.3. The van der Waals surface area contributed by atoms with Crippen LogP contribution in [-0.4, -0.2) is 24.5 Å². The molecule has 1 aliphatic carbocycles. The zero-order valence-corrected chi connectivity index (χ0v) is 17.7. The third-order valence-corrected chi connectivity index (χ3v) is 5.56. The van der Waals surface area contributed by atoms with Gasteiger partial charge in [0.2, 0.25) is 5.91 Å². The molecule has 3 aromatic rings. The summed E-state index contributed by atoms with van der Waals surface area (Å²) >= 11 is 0. The molecule has 1 unspecified atom stereocenters. The number of benzene rings is 2. The van der Waals surface area contributed by atoms with Gasteiger partial charge in [0, 0.05) is 37.2 Å². The molecule has 2 aromatic carbocycles.